The summed E-state index contributed by atoms with van der Waals surface area (Å²) in [7, 11) is 3.08. The monoisotopic (exact) mass is 336 g/mol. The molecule has 0 atom stereocenters. The number of ether oxygens (including phenoxy) is 2. The van der Waals surface area contributed by atoms with Crippen molar-refractivity contribution in [1.29, 1.82) is 0 Å². The van der Waals surface area contributed by atoms with E-state index in [-0.39, 0.29) is 30.9 Å². The van der Waals surface area contributed by atoms with Crippen LogP contribution in [0.2, 0.25) is 0 Å². The largest absolute Gasteiger partial charge is 0.497 e. The van der Waals surface area contributed by atoms with Gasteiger partial charge in [0.25, 0.3) is 5.91 Å². The first-order valence-electron chi connectivity index (χ1n) is 8.00. The number of likely N-dealkylation sites (tertiary alicyclic amines) is 1. The topological polar surface area (TPSA) is 88.1 Å². The van der Waals surface area contributed by atoms with Crippen molar-refractivity contribution in [3.05, 3.63) is 23.8 Å². The number of nitrogens with one attached hydrogen (secondary N) is 1. The van der Waals surface area contributed by atoms with Crippen molar-refractivity contribution < 1.29 is 24.2 Å². The summed E-state index contributed by atoms with van der Waals surface area (Å²) in [5.74, 6) is 0.869. The number of benzene rings is 1. The van der Waals surface area contributed by atoms with Crippen molar-refractivity contribution in [2.75, 3.05) is 40.5 Å². The van der Waals surface area contributed by atoms with Crippen molar-refractivity contribution >= 4 is 11.8 Å². The fraction of sp³-hybridized carbons (Fsp3) is 0.529. The Morgan fingerprint density at radius 2 is 1.75 bits per heavy atom. The average molecular weight is 336 g/mol. The molecule has 24 heavy (non-hydrogen) atoms. The first kappa shape index (κ1) is 18.1. The minimum Gasteiger partial charge on any atom is -0.497 e. The van der Waals surface area contributed by atoms with Crippen LogP contribution in [0.25, 0.3) is 0 Å². The van der Waals surface area contributed by atoms with Gasteiger partial charge in [-0.25, -0.2) is 0 Å². The number of hydrogen-bond acceptors (Lipinski definition) is 5. The van der Waals surface area contributed by atoms with Crippen LogP contribution < -0.4 is 14.8 Å². The summed E-state index contributed by atoms with van der Waals surface area (Å²) in [6, 6.07) is 5.09. The van der Waals surface area contributed by atoms with Crippen molar-refractivity contribution in [1.82, 2.24) is 10.2 Å². The van der Waals surface area contributed by atoms with Crippen LogP contribution in [0.5, 0.6) is 11.5 Å². The van der Waals surface area contributed by atoms with Crippen LogP contribution in [-0.4, -0.2) is 62.3 Å². The molecule has 0 spiro atoms. The summed E-state index contributed by atoms with van der Waals surface area (Å²) < 4.78 is 10.4. The second-order valence-electron chi connectivity index (χ2n) is 5.68. The number of amides is 2. The molecule has 2 N–H and O–H groups in total. The summed E-state index contributed by atoms with van der Waals surface area (Å²) in [4.78, 5) is 26.3. The number of nitrogens with zero attached hydrogens (tertiary/aromatic N) is 1. The van der Waals surface area contributed by atoms with Crippen molar-refractivity contribution in [3.63, 3.8) is 0 Å². The molecule has 0 radical (unpaired) electrons. The van der Waals surface area contributed by atoms with Gasteiger partial charge < -0.3 is 24.8 Å². The Morgan fingerprint density at radius 3 is 2.25 bits per heavy atom. The van der Waals surface area contributed by atoms with E-state index in [0.717, 1.165) is 0 Å². The van der Waals surface area contributed by atoms with E-state index in [4.69, 9.17) is 14.6 Å². The number of carbonyl (C=O) groups is 2. The Morgan fingerprint density at radius 1 is 1.17 bits per heavy atom. The maximum atomic E-state index is 12.7. The van der Waals surface area contributed by atoms with Crippen LogP contribution in [-0.2, 0) is 4.79 Å². The van der Waals surface area contributed by atoms with Crippen LogP contribution in [0.3, 0.4) is 0 Å². The summed E-state index contributed by atoms with van der Waals surface area (Å²) in [5.41, 5.74) is 0.509. The highest BCUT2D eigenvalue weighted by molar-refractivity contribution is 5.95. The lowest BCUT2D eigenvalue weighted by Gasteiger charge is -2.31. The van der Waals surface area contributed by atoms with Gasteiger partial charge in [0.1, 0.15) is 11.5 Å². The third-order valence-corrected chi connectivity index (χ3v) is 4.16. The van der Waals surface area contributed by atoms with Gasteiger partial charge in [-0.1, -0.05) is 0 Å². The van der Waals surface area contributed by atoms with E-state index in [0.29, 0.717) is 43.0 Å². The van der Waals surface area contributed by atoms with Gasteiger partial charge >= 0.3 is 0 Å². The highest BCUT2D eigenvalue weighted by atomic mass is 16.5. The van der Waals surface area contributed by atoms with E-state index >= 15 is 0 Å². The molecule has 2 amide bonds. The highest BCUT2D eigenvalue weighted by Crippen LogP contribution is 2.25. The molecular weight excluding hydrogens is 312 g/mol. The van der Waals surface area contributed by atoms with Crippen LogP contribution in [0, 0.1) is 5.92 Å². The smallest absolute Gasteiger partial charge is 0.254 e. The molecule has 132 valence electrons. The molecule has 0 bridgehead atoms. The molecule has 2 rings (SSSR count). The number of aliphatic hydroxyl groups is 1. The molecule has 1 aliphatic heterocycles. The average Bonchev–Trinajstić information content (AvgIpc) is 2.65. The Bertz CT molecular complexity index is 560. The Kier molecular flexibility index (Phi) is 6.43. The second-order valence-corrected chi connectivity index (χ2v) is 5.68. The predicted molar refractivity (Wildman–Crippen MR) is 88.3 cm³/mol. The zero-order chi connectivity index (χ0) is 17.5. The molecule has 1 heterocycles. The predicted octanol–water partition coefficient (Wildman–Crippen LogP) is 0.664. The number of aliphatic hydroxyl groups excluding tert-OH is 1. The van der Waals surface area contributed by atoms with Gasteiger partial charge in [0, 0.05) is 37.2 Å². The number of rotatable bonds is 6. The van der Waals surface area contributed by atoms with Crippen LogP contribution >= 0.6 is 0 Å². The van der Waals surface area contributed by atoms with Gasteiger partial charge in [0.15, 0.2) is 0 Å². The van der Waals surface area contributed by atoms with E-state index < -0.39 is 0 Å². The molecule has 7 heteroatoms. The summed E-state index contributed by atoms with van der Waals surface area (Å²) >= 11 is 0. The molecule has 7 nitrogen and oxygen atoms in total. The first-order chi connectivity index (χ1) is 11.6. The zero-order valence-corrected chi connectivity index (χ0v) is 14.1. The maximum absolute atomic E-state index is 12.7. The maximum Gasteiger partial charge on any atom is 0.254 e. The van der Waals surface area contributed by atoms with E-state index in [1.165, 1.54) is 0 Å². The molecule has 0 aromatic heterocycles. The quantitative estimate of drug-likeness (QED) is 0.797. The normalized spacial score (nSPS) is 15.0. The lowest BCUT2D eigenvalue weighted by atomic mass is 9.95. The molecule has 0 aliphatic carbocycles. The van der Waals surface area contributed by atoms with Gasteiger partial charge in [-0.2, -0.15) is 0 Å². The molecule has 1 aliphatic rings. The molecule has 0 unspecified atom stereocenters. The molecule has 1 fully saturated rings. The van der Waals surface area contributed by atoms with E-state index in [1.54, 1.807) is 37.3 Å². The summed E-state index contributed by atoms with van der Waals surface area (Å²) in [5, 5.41) is 11.4. The minimum atomic E-state index is -0.111. The number of methoxy groups -OCH3 is 2. The standard InChI is InChI=1S/C17H24N2O5/c1-23-14-9-13(10-15(11-14)24-2)17(22)19-6-3-12(4-7-19)16(21)18-5-8-20/h9-12,20H,3-8H2,1-2H3,(H,18,21). The first-order valence-corrected chi connectivity index (χ1v) is 8.00. The molecular formula is C17H24N2O5. The summed E-state index contributed by atoms with van der Waals surface area (Å²) in [6.45, 7) is 1.24. The summed E-state index contributed by atoms with van der Waals surface area (Å²) in [6.07, 6.45) is 1.23. The molecule has 0 saturated carbocycles. The number of piperidine rings is 1. The molecule has 1 saturated heterocycles. The number of hydrogen-bond donors (Lipinski definition) is 2. The number of carbonyl (C=O) groups excluding carboxylic acids is 2. The van der Waals surface area contributed by atoms with Crippen molar-refractivity contribution in [2.24, 2.45) is 5.92 Å². The fourth-order valence-electron chi connectivity index (χ4n) is 2.78. The van der Waals surface area contributed by atoms with Gasteiger partial charge in [-0.15, -0.1) is 0 Å². The van der Waals surface area contributed by atoms with Crippen LogP contribution in [0.15, 0.2) is 18.2 Å². The highest BCUT2D eigenvalue weighted by Gasteiger charge is 2.28. The second kappa shape index (κ2) is 8.54. The Labute approximate surface area is 141 Å². The van der Waals surface area contributed by atoms with Gasteiger partial charge in [-0.3, -0.25) is 9.59 Å². The van der Waals surface area contributed by atoms with Crippen molar-refractivity contribution in [2.45, 2.75) is 12.8 Å². The zero-order valence-electron chi connectivity index (χ0n) is 14.1. The van der Waals surface area contributed by atoms with E-state index in [2.05, 4.69) is 5.32 Å². The molecule has 1 aromatic carbocycles. The lowest BCUT2D eigenvalue weighted by Crippen LogP contribution is -2.43. The van der Waals surface area contributed by atoms with E-state index in [9.17, 15) is 9.59 Å². The van der Waals surface area contributed by atoms with Gasteiger partial charge in [-0.05, 0) is 25.0 Å². The van der Waals surface area contributed by atoms with E-state index in [1.807, 2.05) is 0 Å². The third kappa shape index (κ3) is 4.38. The van der Waals surface area contributed by atoms with Crippen LogP contribution in [0.1, 0.15) is 23.2 Å². The SMILES string of the molecule is COc1cc(OC)cc(C(=O)N2CCC(C(=O)NCCO)CC2)c1. The van der Waals surface area contributed by atoms with Gasteiger partial charge in [0.2, 0.25) is 5.91 Å². The Hall–Kier alpha value is -2.28. The molecule has 1 aromatic rings. The minimum absolute atomic E-state index is 0.0563. The van der Waals surface area contributed by atoms with Crippen LogP contribution in [0.4, 0.5) is 0 Å². The third-order valence-electron chi connectivity index (χ3n) is 4.16. The fourth-order valence-corrected chi connectivity index (χ4v) is 2.78. The Balaban J connectivity index is 1.99. The van der Waals surface area contributed by atoms with Gasteiger partial charge in [0.05, 0.1) is 20.8 Å². The lowest BCUT2D eigenvalue weighted by molar-refractivity contribution is -0.126. The van der Waals surface area contributed by atoms with Crippen molar-refractivity contribution in [3.8, 4) is 11.5 Å².